The predicted octanol–water partition coefficient (Wildman–Crippen LogP) is 1.80. The number of halogens is 4. The molecule has 0 aromatic carbocycles. The lowest BCUT2D eigenvalue weighted by Crippen LogP contribution is -2.38. The smallest absolute Gasteiger partial charge is 0.255 e. The summed E-state index contributed by atoms with van der Waals surface area (Å²) < 4.78 is 0. The van der Waals surface area contributed by atoms with Gasteiger partial charge < -0.3 is 20.0 Å². The maximum absolute atomic E-state index is 11.7. The van der Waals surface area contributed by atoms with Gasteiger partial charge in [-0.3, -0.25) is 9.59 Å². The number of alkyl halides is 4. The molecule has 2 amide bonds. The van der Waals surface area contributed by atoms with Gasteiger partial charge in [0.25, 0.3) is 11.8 Å². The second-order valence-corrected chi connectivity index (χ2v) is 7.31. The predicted molar refractivity (Wildman–Crippen MR) is 96.8 cm³/mol. The van der Waals surface area contributed by atoms with Crippen molar-refractivity contribution in [3.8, 4) is 0 Å². The quantitative estimate of drug-likeness (QED) is 0.348. The van der Waals surface area contributed by atoms with Gasteiger partial charge >= 0.3 is 0 Å². The van der Waals surface area contributed by atoms with Crippen LogP contribution in [-0.4, -0.2) is 80.9 Å². The van der Waals surface area contributed by atoms with Crippen LogP contribution < -0.4 is 0 Å². The number of unbranched alkanes of at least 4 members (excludes halogenated alkanes) is 3. The van der Waals surface area contributed by atoms with Crippen LogP contribution in [0.25, 0.3) is 0 Å². The van der Waals surface area contributed by atoms with Crippen LogP contribution in [0.5, 0.6) is 0 Å². The van der Waals surface area contributed by atoms with Gasteiger partial charge in [-0.25, -0.2) is 0 Å². The zero-order chi connectivity index (χ0) is 18.5. The van der Waals surface area contributed by atoms with Crippen molar-refractivity contribution in [2.45, 2.75) is 35.4 Å². The van der Waals surface area contributed by atoms with Gasteiger partial charge in [0.05, 0.1) is 13.2 Å². The van der Waals surface area contributed by atoms with Crippen LogP contribution >= 0.6 is 46.4 Å². The van der Waals surface area contributed by atoms with E-state index in [9.17, 15) is 9.59 Å². The number of carbonyl (C=O) groups is 2. The van der Waals surface area contributed by atoms with E-state index in [0.29, 0.717) is 13.1 Å². The molecule has 0 saturated heterocycles. The average molecular weight is 426 g/mol. The maximum Gasteiger partial charge on any atom is 0.255 e. The van der Waals surface area contributed by atoms with E-state index in [0.717, 1.165) is 25.7 Å². The highest BCUT2D eigenvalue weighted by molar-refractivity contribution is 6.53. The molecule has 142 valence electrons. The second-order valence-electron chi connectivity index (χ2n) is 5.11. The summed E-state index contributed by atoms with van der Waals surface area (Å²) in [5.74, 6) is -0.829. The van der Waals surface area contributed by atoms with Crippen LogP contribution in [0.4, 0.5) is 0 Å². The molecular weight excluding hydrogens is 402 g/mol. The molecule has 0 fully saturated rings. The van der Waals surface area contributed by atoms with Crippen molar-refractivity contribution in [1.29, 1.82) is 0 Å². The molecule has 0 saturated carbocycles. The van der Waals surface area contributed by atoms with Crippen molar-refractivity contribution >= 4 is 58.2 Å². The lowest BCUT2D eigenvalue weighted by Gasteiger charge is -2.23. The Kier molecular flexibility index (Phi) is 14.2. The van der Waals surface area contributed by atoms with Crippen LogP contribution in [0, 0.1) is 0 Å². The van der Waals surface area contributed by atoms with Crippen molar-refractivity contribution in [2.75, 3.05) is 39.4 Å². The fourth-order valence-corrected chi connectivity index (χ4v) is 2.69. The number of aliphatic hydroxyl groups excluding tert-OH is 2. The number of hydrogen-bond acceptors (Lipinski definition) is 4. The third-order valence-electron chi connectivity index (χ3n) is 3.34. The maximum atomic E-state index is 11.7. The van der Waals surface area contributed by atoms with Gasteiger partial charge in [-0.1, -0.05) is 59.2 Å². The fraction of sp³-hybridized carbons (Fsp3) is 0.857. The SMILES string of the molecule is O=C(C(Cl)Cl)N(CCO)CCCCCCN(CCO)C(=O)C(Cl)Cl. The third-order valence-corrected chi connectivity index (χ3v) is 4.09. The topological polar surface area (TPSA) is 81.1 Å². The van der Waals surface area contributed by atoms with Crippen molar-refractivity contribution in [1.82, 2.24) is 9.80 Å². The molecule has 0 spiro atoms. The molecular formula is C14H24Cl4N2O4. The summed E-state index contributed by atoms with van der Waals surface area (Å²) in [5.41, 5.74) is 0. The van der Waals surface area contributed by atoms with Gasteiger partial charge in [-0.2, -0.15) is 0 Å². The van der Waals surface area contributed by atoms with Gasteiger partial charge in [0.2, 0.25) is 0 Å². The van der Waals surface area contributed by atoms with E-state index < -0.39 is 21.5 Å². The van der Waals surface area contributed by atoms with Gasteiger partial charge in [-0.15, -0.1) is 0 Å². The van der Waals surface area contributed by atoms with E-state index in [-0.39, 0.29) is 26.3 Å². The number of nitrogens with zero attached hydrogens (tertiary/aromatic N) is 2. The molecule has 0 atom stereocenters. The summed E-state index contributed by atoms with van der Waals surface area (Å²) in [5, 5.41) is 17.9. The molecule has 0 aromatic rings. The third kappa shape index (κ3) is 10.1. The first kappa shape index (κ1) is 24.0. The second kappa shape index (κ2) is 14.2. The monoisotopic (exact) mass is 424 g/mol. The van der Waals surface area contributed by atoms with E-state index in [1.165, 1.54) is 9.80 Å². The molecule has 0 aromatic heterocycles. The largest absolute Gasteiger partial charge is 0.395 e. The zero-order valence-electron chi connectivity index (χ0n) is 13.3. The number of amides is 2. The van der Waals surface area contributed by atoms with E-state index >= 15 is 0 Å². The summed E-state index contributed by atoms with van der Waals surface area (Å²) in [6.07, 6.45) is 3.12. The van der Waals surface area contributed by atoms with E-state index in [1.807, 2.05) is 0 Å². The molecule has 2 N–H and O–H groups in total. The minimum Gasteiger partial charge on any atom is -0.395 e. The average Bonchev–Trinajstić information content (AvgIpc) is 2.54. The first-order valence-electron chi connectivity index (χ1n) is 7.70. The Hall–Kier alpha value is 0.0200. The van der Waals surface area contributed by atoms with Crippen LogP contribution in [0.15, 0.2) is 0 Å². The number of aliphatic hydroxyl groups is 2. The summed E-state index contributed by atoms with van der Waals surface area (Å²) in [6, 6.07) is 0. The molecule has 0 aliphatic heterocycles. The number of hydrogen-bond donors (Lipinski definition) is 2. The molecule has 0 radical (unpaired) electrons. The molecule has 24 heavy (non-hydrogen) atoms. The lowest BCUT2D eigenvalue weighted by molar-refractivity contribution is -0.130. The van der Waals surface area contributed by atoms with Crippen LogP contribution in [0.3, 0.4) is 0 Å². The van der Waals surface area contributed by atoms with Gasteiger partial charge in [0, 0.05) is 26.2 Å². The Labute approximate surface area is 162 Å². The van der Waals surface area contributed by atoms with Crippen molar-refractivity contribution in [3.05, 3.63) is 0 Å². The van der Waals surface area contributed by atoms with Crippen molar-refractivity contribution in [2.24, 2.45) is 0 Å². The Morgan fingerprint density at radius 2 is 1.00 bits per heavy atom. The molecule has 0 bridgehead atoms. The minimum absolute atomic E-state index is 0.150. The highest BCUT2D eigenvalue weighted by Gasteiger charge is 2.20. The normalized spacial score (nSPS) is 11.2. The number of carbonyl (C=O) groups excluding carboxylic acids is 2. The Bertz CT molecular complexity index is 339. The molecule has 6 nitrogen and oxygen atoms in total. The van der Waals surface area contributed by atoms with Crippen LogP contribution in [-0.2, 0) is 9.59 Å². The zero-order valence-corrected chi connectivity index (χ0v) is 16.4. The fourth-order valence-electron chi connectivity index (χ4n) is 2.14. The number of rotatable bonds is 13. The van der Waals surface area contributed by atoms with Crippen LogP contribution in [0.1, 0.15) is 25.7 Å². The van der Waals surface area contributed by atoms with Gasteiger partial charge in [-0.05, 0) is 12.8 Å². The highest BCUT2D eigenvalue weighted by atomic mass is 35.5. The molecule has 0 heterocycles. The first-order chi connectivity index (χ1) is 11.3. The Balaban J connectivity index is 4.05. The molecule has 0 unspecified atom stereocenters. The summed E-state index contributed by atoms with van der Waals surface area (Å²) in [6.45, 7) is 1.01. The molecule has 0 aliphatic rings. The summed E-state index contributed by atoms with van der Waals surface area (Å²) >= 11 is 22.2. The van der Waals surface area contributed by atoms with E-state index in [4.69, 9.17) is 56.6 Å². The summed E-state index contributed by atoms with van der Waals surface area (Å²) in [4.78, 5) is 24.0. The Morgan fingerprint density at radius 3 is 1.25 bits per heavy atom. The standard InChI is InChI=1S/C14H24Cl4N2O4/c15-11(16)13(23)19(7-9-21)5-3-1-2-4-6-20(8-10-22)14(24)12(17)18/h11-12,21-22H,1-10H2. The summed E-state index contributed by atoms with van der Waals surface area (Å²) in [7, 11) is 0. The van der Waals surface area contributed by atoms with Gasteiger partial charge in [0.15, 0.2) is 9.67 Å². The van der Waals surface area contributed by atoms with E-state index in [1.54, 1.807) is 0 Å². The van der Waals surface area contributed by atoms with Crippen molar-refractivity contribution in [3.63, 3.8) is 0 Å². The highest BCUT2D eigenvalue weighted by Crippen LogP contribution is 2.11. The van der Waals surface area contributed by atoms with E-state index in [2.05, 4.69) is 0 Å². The van der Waals surface area contributed by atoms with Gasteiger partial charge in [0.1, 0.15) is 0 Å². The lowest BCUT2D eigenvalue weighted by atomic mass is 10.1. The Morgan fingerprint density at radius 1 is 0.667 bits per heavy atom. The minimum atomic E-state index is -1.13. The van der Waals surface area contributed by atoms with Crippen LogP contribution in [0.2, 0.25) is 0 Å². The molecule has 0 rings (SSSR count). The van der Waals surface area contributed by atoms with Crippen molar-refractivity contribution < 1.29 is 19.8 Å². The molecule has 10 heteroatoms. The first-order valence-corrected chi connectivity index (χ1v) is 9.45. The molecule has 0 aliphatic carbocycles.